The summed E-state index contributed by atoms with van der Waals surface area (Å²) in [7, 11) is 0. The molecule has 0 radical (unpaired) electrons. The molecule has 1 aliphatic heterocycles. The number of hydrogen-bond donors (Lipinski definition) is 0. The van der Waals surface area contributed by atoms with Gasteiger partial charge in [0, 0.05) is 18.8 Å². The Hall–Kier alpha value is -0.860. The van der Waals surface area contributed by atoms with Gasteiger partial charge < -0.3 is 4.84 Å². The molecule has 1 saturated carbocycles. The Morgan fingerprint density at radius 1 is 1.60 bits per heavy atom. The van der Waals surface area contributed by atoms with Crippen molar-refractivity contribution in [3.63, 3.8) is 0 Å². The average molecular weight is 139 g/mol. The zero-order valence-electron chi connectivity index (χ0n) is 5.83. The Balaban J connectivity index is 2.20. The molecule has 1 fully saturated rings. The lowest BCUT2D eigenvalue weighted by atomic mass is 10.0. The highest BCUT2D eigenvalue weighted by atomic mass is 16.6. The Kier molecular flexibility index (Phi) is 1.07. The highest BCUT2D eigenvalue weighted by Crippen LogP contribution is 2.31. The monoisotopic (exact) mass is 139 g/mol. The Morgan fingerprint density at radius 2 is 2.40 bits per heavy atom. The summed E-state index contributed by atoms with van der Waals surface area (Å²) in [5, 5.41) is 3.82. The second-order valence-electron chi connectivity index (χ2n) is 2.93. The van der Waals surface area contributed by atoms with Crippen LogP contribution in [0, 0.1) is 5.92 Å². The van der Waals surface area contributed by atoms with Gasteiger partial charge in [-0.3, -0.25) is 4.79 Å². The van der Waals surface area contributed by atoms with Crippen LogP contribution in [-0.4, -0.2) is 17.6 Å². The van der Waals surface area contributed by atoms with E-state index in [4.69, 9.17) is 4.84 Å². The molecule has 2 atom stereocenters. The highest BCUT2D eigenvalue weighted by Gasteiger charge is 2.40. The molecule has 0 amide bonds. The van der Waals surface area contributed by atoms with E-state index in [1.54, 1.807) is 0 Å². The molecule has 0 aromatic rings. The van der Waals surface area contributed by atoms with Crippen molar-refractivity contribution >= 4 is 11.5 Å². The van der Waals surface area contributed by atoms with Crippen molar-refractivity contribution in [2.24, 2.45) is 11.1 Å². The largest absolute Gasteiger partial charge is 0.391 e. The second kappa shape index (κ2) is 1.81. The summed E-state index contributed by atoms with van der Waals surface area (Å²) < 4.78 is 0. The van der Waals surface area contributed by atoms with Gasteiger partial charge >= 0.3 is 0 Å². The van der Waals surface area contributed by atoms with E-state index in [2.05, 4.69) is 5.16 Å². The van der Waals surface area contributed by atoms with E-state index >= 15 is 0 Å². The lowest BCUT2D eigenvalue weighted by Gasteiger charge is -2.03. The van der Waals surface area contributed by atoms with Crippen molar-refractivity contribution in [1.29, 1.82) is 0 Å². The predicted octanol–water partition coefficient (Wildman–Crippen LogP) is 0.740. The van der Waals surface area contributed by atoms with Gasteiger partial charge in [-0.1, -0.05) is 5.16 Å². The van der Waals surface area contributed by atoms with Crippen molar-refractivity contribution in [2.75, 3.05) is 0 Å². The molecule has 0 saturated heterocycles. The van der Waals surface area contributed by atoms with Gasteiger partial charge in [0.2, 0.25) is 0 Å². The van der Waals surface area contributed by atoms with Gasteiger partial charge in [0.15, 0.2) is 0 Å². The first kappa shape index (κ1) is 5.89. The van der Waals surface area contributed by atoms with Gasteiger partial charge in [0.25, 0.3) is 0 Å². The number of rotatable bonds is 0. The fraction of sp³-hybridized carbons (Fsp3) is 0.714. The van der Waals surface area contributed by atoms with Crippen LogP contribution in [-0.2, 0) is 9.63 Å². The average Bonchev–Trinajstić information content (AvgIpc) is 2.35. The molecule has 3 nitrogen and oxygen atoms in total. The van der Waals surface area contributed by atoms with E-state index in [1.165, 1.54) is 0 Å². The van der Waals surface area contributed by atoms with Crippen molar-refractivity contribution in [3.8, 4) is 0 Å². The lowest BCUT2D eigenvalue weighted by molar-refractivity contribution is -0.118. The molecule has 2 aliphatic rings. The lowest BCUT2D eigenvalue weighted by Crippen LogP contribution is -2.13. The summed E-state index contributed by atoms with van der Waals surface area (Å²) in [5.74, 6) is 0.608. The number of ketones is 1. The van der Waals surface area contributed by atoms with E-state index in [9.17, 15) is 4.79 Å². The van der Waals surface area contributed by atoms with Crippen LogP contribution >= 0.6 is 0 Å². The molecular formula is C7H9NO2. The van der Waals surface area contributed by atoms with Gasteiger partial charge in [-0.2, -0.15) is 0 Å². The third kappa shape index (κ3) is 0.664. The molecule has 54 valence electrons. The van der Waals surface area contributed by atoms with E-state index < -0.39 is 0 Å². The molecule has 0 aromatic heterocycles. The van der Waals surface area contributed by atoms with Crippen molar-refractivity contribution < 1.29 is 9.63 Å². The predicted molar refractivity (Wildman–Crippen MR) is 35.7 cm³/mol. The SMILES string of the molecule is CC1=NO[C@@H]2CC(=O)CC12. The van der Waals surface area contributed by atoms with Crippen molar-refractivity contribution in [1.82, 2.24) is 0 Å². The molecular weight excluding hydrogens is 130 g/mol. The number of carbonyl (C=O) groups is 1. The zero-order chi connectivity index (χ0) is 7.14. The fourth-order valence-electron chi connectivity index (χ4n) is 1.57. The van der Waals surface area contributed by atoms with Crippen LogP contribution in [0.15, 0.2) is 5.16 Å². The normalized spacial score (nSPS) is 37.3. The molecule has 0 bridgehead atoms. The molecule has 1 unspecified atom stereocenters. The highest BCUT2D eigenvalue weighted by molar-refractivity contribution is 5.94. The quantitative estimate of drug-likeness (QED) is 0.496. The van der Waals surface area contributed by atoms with Crippen molar-refractivity contribution in [3.05, 3.63) is 0 Å². The zero-order valence-corrected chi connectivity index (χ0v) is 5.83. The van der Waals surface area contributed by atoms with Gasteiger partial charge in [-0.15, -0.1) is 0 Å². The minimum absolute atomic E-state index is 0.0764. The van der Waals surface area contributed by atoms with E-state index in [-0.39, 0.29) is 6.10 Å². The molecule has 3 heteroatoms. The van der Waals surface area contributed by atoms with E-state index in [0.29, 0.717) is 24.5 Å². The number of oxime groups is 1. The number of fused-ring (bicyclic) bond motifs is 1. The first-order valence-corrected chi connectivity index (χ1v) is 3.49. The van der Waals surface area contributed by atoms with Crippen LogP contribution in [0.2, 0.25) is 0 Å². The minimum atomic E-state index is 0.0764. The van der Waals surface area contributed by atoms with E-state index in [1.807, 2.05) is 6.92 Å². The topological polar surface area (TPSA) is 38.7 Å². The molecule has 0 spiro atoms. The van der Waals surface area contributed by atoms with Crippen LogP contribution in [0.3, 0.4) is 0 Å². The molecule has 10 heavy (non-hydrogen) atoms. The third-order valence-electron chi connectivity index (χ3n) is 2.19. The summed E-state index contributed by atoms with van der Waals surface area (Å²) in [6.45, 7) is 1.92. The van der Waals surface area contributed by atoms with Gasteiger partial charge in [-0.25, -0.2) is 0 Å². The van der Waals surface area contributed by atoms with Gasteiger partial charge in [-0.05, 0) is 6.92 Å². The second-order valence-corrected chi connectivity index (χ2v) is 2.93. The van der Waals surface area contributed by atoms with Crippen LogP contribution in [0.4, 0.5) is 0 Å². The number of carbonyl (C=O) groups excluding carboxylic acids is 1. The molecule has 1 aliphatic carbocycles. The summed E-state index contributed by atoms with van der Waals surface area (Å²) >= 11 is 0. The first-order valence-electron chi connectivity index (χ1n) is 3.49. The Bertz CT molecular complexity index is 210. The summed E-state index contributed by atoms with van der Waals surface area (Å²) in [6, 6.07) is 0. The Labute approximate surface area is 59.0 Å². The molecule has 1 heterocycles. The molecule has 2 rings (SSSR count). The maximum Gasteiger partial charge on any atom is 0.142 e. The Morgan fingerprint density at radius 3 is 3.10 bits per heavy atom. The molecule has 0 N–H and O–H groups in total. The van der Waals surface area contributed by atoms with Gasteiger partial charge in [0.1, 0.15) is 11.9 Å². The third-order valence-corrected chi connectivity index (χ3v) is 2.19. The number of hydrogen-bond acceptors (Lipinski definition) is 3. The van der Waals surface area contributed by atoms with Gasteiger partial charge in [0.05, 0.1) is 5.71 Å². The standard InChI is InChI=1S/C7H9NO2/c1-4-6-2-5(9)3-7(6)10-8-4/h6-7H,2-3H2,1H3/t6?,7-/m1/s1. The summed E-state index contributed by atoms with van der Waals surface area (Å²) in [5.41, 5.74) is 0.982. The summed E-state index contributed by atoms with van der Waals surface area (Å²) in [6.07, 6.45) is 1.28. The minimum Gasteiger partial charge on any atom is -0.391 e. The smallest absolute Gasteiger partial charge is 0.142 e. The maximum atomic E-state index is 10.9. The number of nitrogens with zero attached hydrogens (tertiary/aromatic N) is 1. The van der Waals surface area contributed by atoms with E-state index in [0.717, 1.165) is 5.71 Å². The van der Waals surface area contributed by atoms with Crippen molar-refractivity contribution in [2.45, 2.75) is 25.9 Å². The fourth-order valence-corrected chi connectivity index (χ4v) is 1.57. The number of Topliss-reactive ketones (excluding diaryl/α,β-unsaturated/α-hetero) is 1. The maximum absolute atomic E-state index is 10.9. The first-order chi connectivity index (χ1) is 4.77. The summed E-state index contributed by atoms with van der Waals surface area (Å²) in [4.78, 5) is 15.9. The molecule has 0 aromatic carbocycles. The van der Waals surface area contributed by atoms with Crippen LogP contribution in [0.5, 0.6) is 0 Å². The van der Waals surface area contributed by atoms with Crippen LogP contribution in [0.1, 0.15) is 19.8 Å². The van der Waals surface area contributed by atoms with Crippen LogP contribution in [0.25, 0.3) is 0 Å². The van der Waals surface area contributed by atoms with Crippen LogP contribution < -0.4 is 0 Å².